The van der Waals surface area contributed by atoms with Crippen molar-refractivity contribution >= 4 is 17.6 Å². The van der Waals surface area contributed by atoms with Gasteiger partial charge in [-0.15, -0.1) is 0 Å². The highest BCUT2D eigenvalue weighted by molar-refractivity contribution is 6.32. The van der Waals surface area contributed by atoms with Crippen LogP contribution in [-0.4, -0.2) is 19.6 Å². The molecule has 3 N–H and O–H groups in total. The molecule has 0 radical (unpaired) electrons. The fourth-order valence-corrected chi connectivity index (χ4v) is 1.71. The molecule has 0 saturated carbocycles. The number of unbranched alkanes of at least 4 members (excludes halogenated alkanes) is 1. The van der Waals surface area contributed by atoms with Crippen molar-refractivity contribution in [3.8, 4) is 5.75 Å². The van der Waals surface area contributed by atoms with E-state index in [1.54, 1.807) is 7.11 Å². The van der Waals surface area contributed by atoms with Gasteiger partial charge in [-0.05, 0) is 24.1 Å². The van der Waals surface area contributed by atoms with E-state index in [1.807, 2.05) is 18.2 Å². The van der Waals surface area contributed by atoms with Gasteiger partial charge >= 0.3 is 0 Å². The van der Waals surface area contributed by atoms with Gasteiger partial charge in [-0.3, -0.25) is 0 Å². The molecule has 0 fully saturated rings. The number of ether oxygens (including phenoxy) is 1. The summed E-state index contributed by atoms with van der Waals surface area (Å²) in [5.41, 5.74) is 6.74. The maximum Gasteiger partial charge on any atom is 0.188 e. The number of methoxy groups -OCH3 is 1. The quantitative estimate of drug-likeness (QED) is 0.474. The summed E-state index contributed by atoms with van der Waals surface area (Å²) in [6.45, 7) is 3.50. The Morgan fingerprint density at radius 2 is 2.28 bits per heavy atom. The molecule has 1 aromatic rings. The van der Waals surface area contributed by atoms with E-state index in [1.165, 1.54) is 0 Å². The van der Waals surface area contributed by atoms with Crippen LogP contribution < -0.4 is 15.8 Å². The number of aliphatic imine (C=N–C) groups is 1. The van der Waals surface area contributed by atoms with E-state index < -0.39 is 0 Å². The van der Waals surface area contributed by atoms with Crippen LogP contribution in [-0.2, 0) is 6.54 Å². The standard InChI is InChI=1S/C13H20ClN3O/c1-3-4-7-16-13(15)17-9-10-5-6-12(18-2)11(14)8-10/h5-6,8H,3-4,7,9H2,1-2H3,(H3,15,16,17). The number of nitrogens with one attached hydrogen (secondary N) is 1. The molecule has 0 aliphatic rings. The normalized spacial score (nSPS) is 11.4. The van der Waals surface area contributed by atoms with Crippen molar-refractivity contribution in [2.75, 3.05) is 13.7 Å². The first-order chi connectivity index (χ1) is 8.67. The second-order valence-electron chi connectivity index (χ2n) is 3.95. The Kier molecular flexibility index (Phi) is 6.36. The smallest absolute Gasteiger partial charge is 0.188 e. The van der Waals surface area contributed by atoms with Crippen molar-refractivity contribution in [1.29, 1.82) is 0 Å². The predicted octanol–water partition coefficient (Wildman–Crippen LogP) is 2.55. The van der Waals surface area contributed by atoms with Crippen molar-refractivity contribution in [2.24, 2.45) is 10.7 Å². The third kappa shape index (κ3) is 4.84. The first-order valence-electron chi connectivity index (χ1n) is 6.03. The predicted molar refractivity (Wildman–Crippen MR) is 76.2 cm³/mol. The third-order valence-corrected chi connectivity index (χ3v) is 2.78. The van der Waals surface area contributed by atoms with Gasteiger partial charge in [0.2, 0.25) is 0 Å². The molecule has 0 amide bonds. The molecular formula is C13H20ClN3O. The molecule has 5 heteroatoms. The lowest BCUT2D eigenvalue weighted by Gasteiger charge is -2.06. The van der Waals surface area contributed by atoms with Crippen molar-refractivity contribution in [1.82, 2.24) is 5.32 Å². The summed E-state index contributed by atoms with van der Waals surface area (Å²) < 4.78 is 5.09. The van der Waals surface area contributed by atoms with Crippen LogP contribution in [0.1, 0.15) is 25.3 Å². The first kappa shape index (κ1) is 14.6. The maximum absolute atomic E-state index is 6.03. The van der Waals surface area contributed by atoms with Crippen LogP contribution in [0.15, 0.2) is 23.2 Å². The molecule has 0 unspecified atom stereocenters. The molecule has 0 spiro atoms. The second-order valence-corrected chi connectivity index (χ2v) is 4.36. The van der Waals surface area contributed by atoms with E-state index >= 15 is 0 Å². The zero-order valence-corrected chi connectivity index (χ0v) is 11.6. The SMILES string of the molecule is CCCCNC(N)=NCc1ccc(OC)c(Cl)c1. The average Bonchev–Trinajstić information content (AvgIpc) is 2.37. The Hall–Kier alpha value is -1.42. The minimum absolute atomic E-state index is 0.468. The Bertz CT molecular complexity index is 407. The van der Waals surface area contributed by atoms with Crippen LogP contribution in [0, 0.1) is 0 Å². The molecule has 100 valence electrons. The summed E-state index contributed by atoms with van der Waals surface area (Å²) in [5.74, 6) is 1.13. The molecule has 1 aromatic carbocycles. The molecule has 0 atom stereocenters. The van der Waals surface area contributed by atoms with E-state index in [9.17, 15) is 0 Å². The van der Waals surface area contributed by atoms with Gasteiger partial charge in [-0.2, -0.15) is 0 Å². The second kappa shape index (κ2) is 7.82. The monoisotopic (exact) mass is 269 g/mol. The van der Waals surface area contributed by atoms with Crippen molar-refractivity contribution < 1.29 is 4.74 Å². The Balaban J connectivity index is 2.52. The van der Waals surface area contributed by atoms with Crippen LogP contribution in [0.25, 0.3) is 0 Å². The van der Waals surface area contributed by atoms with E-state index in [4.69, 9.17) is 22.1 Å². The van der Waals surface area contributed by atoms with Crippen LogP contribution in [0.5, 0.6) is 5.75 Å². The Morgan fingerprint density at radius 1 is 1.50 bits per heavy atom. The van der Waals surface area contributed by atoms with E-state index in [-0.39, 0.29) is 0 Å². The van der Waals surface area contributed by atoms with E-state index in [0.29, 0.717) is 23.3 Å². The van der Waals surface area contributed by atoms with Crippen molar-refractivity contribution in [3.63, 3.8) is 0 Å². The summed E-state index contributed by atoms with van der Waals surface area (Å²) in [6, 6.07) is 5.59. The lowest BCUT2D eigenvalue weighted by molar-refractivity contribution is 0.415. The van der Waals surface area contributed by atoms with Gasteiger partial charge in [0.25, 0.3) is 0 Å². The van der Waals surface area contributed by atoms with Crippen molar-refractivity contribution in [3.05, 3.63) is 28.8 Å². The van der Waals surface area contributed by atoms with Gasteiger partial charge in [0, 0.05) is 6.54 Å². The minimum Gasteiger partial charge on any atom is -0.495 e. The zero-order valence-electron chi connectivity index (χ0n) is 10.9. The summed E-state index contributed by atoms with van der Waals surface area (Å²) >= 11 is 6.03. The summed E-state index contributed by atoms with van der Waals surface area (Å²) in [5, 5.41) is 3.65. The highest BCUT2D eigenvalue weighted by atomic mass is 35.5. The molecule has 4 nitrogen and oxygen atoms in total. The van der Waals surface area contributed by atoms with Gasteiger partial charge in [0.05, 0.1) is 18.7 Å². The van der Waals surface area contributed by atoms with Crippen LogP contribution in [0.4, 0.5) is 0 Å². The molecule has 1 rings (SSSR count). The van der Waals surface area contributed by atoms with Gasteiger partial charge in [0.1, 0.15) is 5.75 Å². The van der Waals surface area contributed by atoms with Gasteiger partial charge in [-0.1, -0.05) is 31.0 Å². The number of halogens is 1. The number of hydrogen-bond acceptors (Lipinski definition) is 2. The maximum atomic E-state index is 6.03. The first-order valence-corrected chi connectivity index (χ1v) is 6.41. The van der Waals surface area contributed by atoms with Crippen molar-refractivity contribution in [2.45, 2.75) is 26.3 Å². The highest BCUT2D eigenvalue weighted by Gasteiger charge is 2.01. The zero-order chi connectivity index (χ0) is 13.4. The van der Waals surface area contributed by atoms with Gasteiger partial charge in [-0.25, -0.2) is 4.99 Å². The van der Waals surface area contributed by atoms with E-state index in [0.717, 1.165) is 24.9 Å². The summed E-state index contributed by atoms with van der Waals surface area (Å²) in [7, 11) is 1.59. The fraction of sp³-hybridized carbons (Fsp3) is 0.462. The molecule has 0 heterocycles. The number of rotatable bonds is 6. The number of nitrogens with zero attached hydrogens (tertiary/aromatic N) is 1. The Labute approximate surface area is 113 Å². The van der Waals surface area contributed by atoms with Crippen LogP contribution in [0.2, 0.25) is 5.02 Å². The third-order valence-electron chi connectivity index (χ3n) is 2.48. The van der Waals surface area contributed by atoms with E-state index in [2.05, 4.69) is 17.2 Å². The topological polar surface area (TPSA) is 59.6 Å². The molecule has 0 saturated heterocycles. The fourth-order valence-electron chi connectivity index (χ4n) is 1.43. The highest BCUT2D eigenvalue weighted by Crippen LogP contribution is 2.25. The Morgan fingerprint density at radius 3 is 2.89 bits per heavy atom. The number of benzene rings is 1. The molecule has 0 aromatic heterocycles. The lowest BCUT2D eigenvalue weighted by atomic mass is 10.2. The molecular weight excluding hydrogens is 250 g/mol. The van der Waals surface area contributed by atoms with Gasteiger partial charge in [0.15, 0.2) is 5.96 Å². The summed E-state index contributed by atoms with van der Waals surface area (Å²) in [6.07, 6.45) is 2.22. The average molecular weight is 270 g/mol. The molecule has 18 heavy (non-hydrogen) atoms. The minimum atomic E-state index is 0.468. The van der Waals surface area contributed by atoms with Crippen LogP contribution in [0.3, 0.4) is 0 Å². The molecule has 0 aliphatic carbocycles. The largest absolute Gasteiger partial charge is 0.495 e. The van der Waals surface area contributed by atoms with Crippen LogP contribution >= 0.6 is 11.6 Å². The van der Waals surface area contributed by atoms with Gasteiger partial charge < -0.3 is 15.8 Å². The molecule has 0 bridgehead atoms. The molecule has 0 aliphatic heterocycles. The lowest BCUT2D eigenvalue weighted by Crippen LogP contribution is -2.32. The number of guanidine groups is 1. The number of nitrogens with two attached hydrogens (primary N) is 1. The summed E-state index contributed by atoms with van der Waals surface area (Å²) in [4.78, 5) is 4.25. The number of hydrogen-bond donors (Lipinski definition) is 2.